The van der Waals surface area contributed by atoms with E-state index in [1.807, 2.05) is 37.3 Å². The number of hydrogen-bond acceptors (Lipinski definition) is 4. The predicted octanol–water partition coefficient (Wildman–Crippen LogP) is 5.93. The Morgan fingerprint density at radius 2 is 1.82 bits per heavy atom. The summed E-state index contributed by atoms with van der Waals surface area (Å²) in [7, 11) is 1.44. The molecule has 0 saturated heterocycles. The maximum Gasteiger partial charge on any atom is 0.417 e. The summed E-state index contributed by atoms with van der Waals surface area (Å²) in [5.74, 6) is -1.27. The van der Waals surface area contributed by atoms with E-state index in [-0.39, 0.29) is 46.3 Å². The second-order valence-electron chi connectivity index (χ2n) is 8.03. The first-order valence-corrected chi connectivity index (χ1v) is 10.5. The molecule has 2 heterocycles. The number of aromatic nitrogens is 3. The zero-order valence-corrected chi connectivity index (χ0v) is 18.4. The van der Waals surface area contributed by atoms with Gasteiger partial charge in [-0.2, -0.15) is 23.3 Å². The fraction of sp³-hybridized carbons (Fsp3) is 0.240. The molecule has 0 fully saturated rings. The van der Waals surface area contributed by atoms with E-state index in [0.29, 0.717) is 0 Å². The van der Waals surface area contributed by atoms with E-state index < -0.39 is 24.2 Å². The molecule has 0 N–H and O–H groups in total. The van der Waals surface area contributed by atoms with Gasteiger partial charge in [-0.05, 0) is 23.6 Å². The molecule has 0 unspecified atom stereocenters. The van der Waals surface area contributed by atoms with Gasteiger partial charge in [0.1, 0.15) is 18.1 Å². The summed E-state index contributed by atoms with van der Waals surface area (Å²) >= 11 is 0. The van der Waals surface area contributed by atoms with Gasteiger partial charge in [-0.15, -0.1) is 0 Å². The monoisotopic (exact) mass is 471 g/mol. The molecule has 2 aromatic heterocycles. The van der Waals surface area contributed by atoms with E-state index >= 15 is 0 Å². The summed E-state index contributed by atoms with van der Waals surface area (Å²) in [6, 6.07) is 15.4. The van der Waals surface area contributed by atoms with Crippen LogP contribution in [0.1, 0.15) is 30.4 Å². The summed E-state index contributed by atoms with van der Waals surface area (Å²) in [5.41, 5.74) is 0.0152. The van der Waals surface area contributed by atoms with Gasteiger partial charge in [0.25, 0.3) is 0 Å². The van der Waals surface area contributed by atoms with Gasteiger partial charge in [0, 0.05) is 25.1 Å². The number of ketones is 1. The van der Waals surface area contributed by atoms with Gasteiger partial charge in [0.2, 0.25) is 5.88 Å². The summed E-state index contributed by atoms with van der Waals surface area (Å²) in [6.45, 7) is 1.48. The Bertz CT molecular complexity index is 1330. The van der Waals surface area contributed by atoms with Crippen molar-refractivity contribution in [2.45, 2.75) is 25.4 Å². The fourth-order valence-electron chi connectivity index (χ4n) is 3.81. The van der Waals surface area contributed by atoms with Crippen LogP contribution in [0.4, 0.5) is 17.6 Å². The van der Waals surface area contributed by atoms with Crippen molar-refractivity contribution in [1.82, 2.24) is 14.8 Å². The van der Waals surface area contributed by atoms with Crippen LogP contribution in [0.2, 0.25) is 0 Å². The molecule has 2 aromatic carbocycles. The first kappa shape index (κ1) is 23.4. The van der Waals surface area contributed by atoms with Gasteiger partial charge in [-0.25, -0.2) is 9.07 Å². The number of pyridine rings is 1. The minimum Gasteiger partial charge on any atom is -0.470 e. The highest BCUT2D eigenvalue weighted by molar-refractivity contribution is 5.94. The Kier molecular flexibility index (Phi) is 6.37. The number of rotatable bonds is 7. The molecule has 9 heteroatoms. The second kappa shape index (κ2) is 9.24. The van der Waals surface area contributed by atoms with Crippen LogP contribution in [0.15, 0.2) is 60.7 Å². The number of ether oxygens (including phenoxy) is 1. The van der Waals surface area contributed by atoms with Crippen LogP contribution in [0.5, 0.6) is 5.88 Å². The van der Waals surface area contributed by atoms with Crippen LogP contribution >= 0.6 is 0 Å². The summed E-state index contributed by atoms with van der Waals surface area (Å²) in [4.78, 5) is 16.6. The zero-order chi connectivity index (χ0) is 24.5. The van der Waals surface area contributed by atoms with E-state index in [1.165, 1.54) is 29.9 Å². The van der Waals surface area contributed by atoms with Crippen molar-refractivity contribution in [3.8, 4) is 17.1 Å². The van der Waals surface area contributed by atoms with Crippen molar-refractivity contribution in [2.24, 2.45) is 7.05 Å². The van der Waals surface area contributed by atoms with Crippen molar-refractivity contribution in [1.29, 1.82) is 0 Å². The number of carbonyl (C=O) groups excluding carboxylic acids is 1. The largest absolute Gasteiger partial charge is 0.470 e. The number of fused-ring (bicyclic) bond motifs is 1. The van der Waals surface area contributed by atoms with Gasteiger partial charge in [-0.1, -0.05) is 49.4 Å². The number of hydrogen-bond donors (Lipinski definition) is 0. The maximum absolute atomic E-state index is 14.0. The summed E-state index contributed by atoms with van der Waals surface area (Å²) < 4.78 is 62.2. The number of carbonyl (C=O) groups is 1. The number of Topliss-reactive ketones (excluding diaryl/α,β-unsaturated/α-hetero) is 1. The van der Waals surface area contributed by atoms with Crippen LogP contribution in [0.3, 0.4) is 0 Å². The molecule has 1 atom stereocenters. The Labute approximate surface area is 193 Å². The fourth-order valence-corrected chi connectivity index (χ4v) is 3.81. The van der Waals surface area contributed by atoms with E-state index in [0.717, 1.165) is 17.7 Å². The van der Waals surface area contributed by atoms with Gasteiger partial charge in [0.15, 0.2) is 11.4 Å². The van der Waals surface area contributed by atoms with Crippen molar-refractivity contribution in [3.63, 3.8) is 0 Å². The van der Waals surface area contributed by atoms with Gasteiger partial charge < -0.3 is 4.74 Å². The molecule has 0 aliphatic carbocycles. The molecule has 5 nitrogen and oxygen atoms in total. The van der Waals surface area contributed by atoms with E-state index in [2.05, 4.69) is 10.1 Å². The minimum absolute atomic E-state index is 0.0452. The van der Waals surface area contributed by atoms with Crippen LogP contribution < -0.4 is 4.74 Å². The van der Waals surface area contributed by atoms with Crippen molar-refractivity contribution >= 4 is 16.8 Å². The van der Waals surface area contributed by atoms with Crippen LogP contribution in [-0.4, -0.2) is 27.2 Å². The number of aryl methyl sites for hydroxylation is 1. The summed E-state index contributed by atoms with van der Waals surface area (Å²) in [6.07, 6.45) is -4.58. The third-order valence-corrected chi connectivity index (χ3v) is 5.46. The predicted molar refractivity (Wildman–Crippen MR) is 119 cm³/mol. The molecule has 0 saturated carbocycles. The van der Waals surface area contributed by atoms with Gasteiger partial charge in [-0.3, -0.25) is 4.79 Å². The molecule has 34 heavy (non-hydrogen) atoms. The molecular formula is C25H21F4N3O2. The number of alkyl halides is 3. The molecule has 0 amide bonds. The molecule has 0 radical (unpaired) electrons. The Morgan fingerprint density at radius 3 is 2.50 bits per heavy atom. The average molecular weight is 471 g/mol. The molecule has 0 bridgehead atoms. The quantitative estimate of drug-likeness (QED) is 0.313. The molecule has 4 aromatic rings. The topological polar surface area (TPSA) is 57.0 Å². The summed E-state index contributed by atoms with van der Waals surface area (Å²) in [5, 5.41) is 3.88. The zero-order valence-electron chi connectivity index (χ0n) is 18.4. The standard InChI is InChI=1S/C25H21F4N3O2/c1-15(16-7-4-3-5-8-16)11-19(33)14-34-21-13-20(25(27,28)29)22-23(31-32(2)24(22)30-21)17-9-6-10-18(26)12-17/h3-10,12-13,15H,11,14H2,1-2H3/t15-/m1/s1. The molecule has 0 aliphatic heterocycles. The van der Waals surface area contributed by atoms with Crippen molar-refractivity contribution < 1.29 is 27.1 Å². The Hall–Kier alpha value is -3.75. The van der Waals surface area contributed by atoms with E-state index in [4.69, 9.17) is 4.74 Å². The molecule has 4 rings (SSSR count). The number of benzene rings is 2. The first-order valence-electron chi connectivity index (χ1n) is 10.5. The van der Waals surface area contributed by atoms with Gasteiger partial charge in [0.05, 0.1) is 10.9 Å². The Morgan fingerprint density at radius 1 is 1.09 bits per heavy atom. The number of halogens is 4. The van der Waals surface area contributed by atoms with Crippen molar-refractivity contribution in [2.75, 3.05) is 6.61 Å². The second-order valence-corrected chi connectivity index (χ2v) is 8.03. The van der Waals surface area contributed by atoms with Crippen LogP contribution in [0, 0.1) is 5.82 Å². The lowest BCUT2D eigenvalue weighted by Gasteiger charge is -2.13. The van der Waals surface area contributed by atoms with Crippen LogP contribution in [-0.2, 0) is 18.0 Å². The highest BCUT2D eigenvalue weighted by Gasteiger charge is 2.36. The minimum atomic E-state index is -4.75. The average Bonchev–Trinajstić information content (AvgIpc) is 3.13. The normalized spacial score (nSPS) is 12.6. The van der Waals surface area contributed by atoms with E-state index in [9.17, 15) is 22.4 Å². The lowest BCUT2D eigenvalue weighted by atomic mass is 9.96. The number of nitrogens with zero attached hydrogens (tertiary/aromatic N) is 3. The van der Waals surface area contributed by atoms with Crippen molar-refractivity contribution in [3.05, 3.63) is 77.6 Å². The maximum atomic E-state index is 14.0. The lowest BCUT2D eigenvalue weighted by molar-refractivity contribution is -0.136. The SMILES string of the molecule is C[C@H](CC(=O)COc1cc(C(F)(F)F)c2c(-c3cccc(F)c3)nn(C)c2n1)c1ccccc1. The molecule has 0 aliphatic rings. The third-order valence-electron chi connectivity index (χ3n) is 5.46. The highest BCUT2D eigenvalue weighted by Crippen LogP contribution is 2.40. The highest BCUT2D eigenvalue weighted by atomic mass is 19.4. The lowest BCUT2D eigenvalue weighted by Crippen LogP contribution is -2.15. The molecular weight excluding hydrogens is 450 g/mol. The first-order chi connectivity index (χ1) is 16.1. The smallest absolute Gasteiger partial charge is 0.417 e. The Balaban J connectivity index is 1.63. The molecule has 176 valence electrons. The third kappa shape index (κ3) is 4.93. The molecule has 0 spiro atoms. The van der Waals surface area contributed by atoms with E-state index in [1.54, 1.807) is 0 Å². The van der Waals surface area contributed by atoms with Gasteiger partial charge >= 0.3 is 6.18 Å². The van der Waals surface area contributed by atoms with Crippen LogP contribution in [0.25, 0.3) is 22.3 Å².